The molecule has 1 fully saturated rings. The molecule has 2 N–H and O–H groups in total. The molecule has 0 bridgehead atoms. The van der Waals surface area contributed by atoms with Crippen LogP contribution < -0.4 is 10.0 Å². The van der Waals surface area contributed by atoms with Crippen LogP contribution in [0.15, 0.2) is 82.4 Å². The number of nitrogens with one attached hydrogen (secondary N) is 2. The number of carbonyl (C=O) groups is 1. The number of nitrogens with zero attached hydrogens (tertiary/aromatic N) is 2. The van der Waals surface area contributed by atoms with Gasteiger partial charge in [-0.3, -0.25) is 14.5 Å². The number of piperidine rings is 1. The van der Waals surface area contributed by atoms with Crippen LogP contribution in [-0.2, 0) is 30.6 Å². The Bertz CT molecular complexity index is 1420. The summed E-state index contributed by atoms with van der Waals surface area (Å²) in [6.07, 6.45) is 3.77. The van der Waals surface area contributed by atoms with Crippen molar-refractivity contribution in [1.82, 2.24) is 9.29 Å². The summed E-state index contributed by atoms with van der Waals surface area (Å²) >= 11 is 3.36. The number of pyridine rings is 1. The maximum atomic E-state index is 12.8. The molecule has 0 atom stereocenters. The third kappa shape index (κ3) is 6.69. The zero-order chi connectivity index (χ0) is 25.8. The van der Waals surface area contributed by atoms with Crippen LogP contribution in [0.1, 0.15) is 18.4 Å². The molecular weight excluding hydrogens is 568 g/mol. The number of sulfonamides is 2. The zero-order valence-electron chi connectivity index (χ0n) is 19.2. The Morgan fingerprint density at radius 1 is 0.972 bits per heavy atom. The van der Waals surface area contributed by atoms with Gasteiger partial charge < -0.3 is 5.32 Å². The lowest BCUT2D eigenvalue weighted by atomic mass is 9.97. The molecule has 2 heterocycles. The molecule has 1 aromatic heterocycles. The van der Waals surface area contributed by atoms with E-state index < -0.39 is 20.0 Å². The van der Waals surface area contributed by atoms with Crippen LogP contribution in [0.4, 0.5) is 11.4 Å². The smallest absolute Gasteiger partial charge is 0.261 e. The van der Waals surface area contributed by atoms with Crippen molar-refractivity contribution in [3.63, 3.8) is 0 Å². The zero-order valence-corrected chi connectivity index (χ0v) is 22.4. The first-order valence-corrected chi connectivity index (χ1v) is 15.1. The summed E-state index contributed by atoms with van der Waals surface area (Å²) in [5.41, 5.74) is 1.51. The van der Waals surface area contributed by atoms with Gasteiger partial charge in [-0.05, 0) is 66.9 Å². The van der Waals surface area contributed by atoms with Crippen LogP contribution in [0.25, 0.3) is 0 Å². The molecule has 1 saturated heterocycles. The number of benzene rings is 2. The van der Waals surface area contributed by atoms with Gasteiger partial charge in [0.1, 0.15) is 0 Å². The molecule has 12 heteroatoms. The van der Waals surface area contributed by atoms with Crippen LogP contribution in [0.5, 0.6) is 0 Å². The van der Waals surface area contributed by atoms with Crippen LogP contribution in [0, 0.1) is 5.92 Å². The van der Waals surface area contributed by atoms with Gasteiger partial charge in [-0.25, -0.2) is 21.1 Å². The van der Waals surface area contributed by atoms with Crippen molar-refractivity contribution in [1.29, 1.82) is 0 Å². The van der Waals surface area contributed by atoms with Gasteiger partial charge in [0.2, 0.25) is 15.9 Å². The van der Waals surface area contributed by atoms with E-state index in [0.29, 0.717) is 29.8 Å². The highest BCUT2D eigenvalue weighted by Crippen LogP contribution is 2.24. The lowest BCUT2D eigenvalue weighted by Crippen LogP contribution is -2.41. The third-order valence-corrected chi connectivity index (χ3v) is 9.54. The number of halogens is 1. The second-order valence-corrected chi connectivity index (χ2v) is 13.0. The van der Waals surface area contributed by atoms with Crippen molar-refractivity contribution in [3.8, 4) is 0 Å². The average Bonchev–Trinajstić information content (AvgIpc) is 2.84. The maximum absolute atomic E-state index is 12.8. The fourth-order valence-electron chi connectivity index (χ4n) is 3.92. The standard InChI is InChI=1S/C24H25BrN4O5S2/c25-20-4-1-3-18(15-20)17-35(31,32)29-13-10-19(11-14-29)24(30)27-21-6-8-23(9-7-21)36(33,34)28-22-5-2-12-26-16-22/h1-9,12,15-16,19,28H,10-11,13-14,17H2,(H,27,30). The van der Waals surface area contributed by atoms with Crippen LogP contribution in [-0.4, -0.2) is 45.1 Å². The highest BCUT2D eigenvalue weighted by molar-refractivity contribution is 9.10. The highest BCUT2D eigenvalue weighted by Gasteiger charge is 2.31. The molecular formula is C24H25BrN4O5S2. The Labute approximate surface area is 219 Å². The third-order valence-electron chi connectivity index (χ3n) is 5.80. The average molecular weight is 594 g/mol. The summed E-state index contributed by atoms with van der Waals surface area (Å²) in [7, 11) is -7.28. The number of hydrogen-bond acceptors (Lipinski definition) is 6. The first kappa shape index (κ1) is 26.3. The molecule has 36 heavy (non-hydrogen) atoms. The Morgan fingerprint density at radius 3 is 2.33 bits per heavy atom. The lowest BCUT2D eigenvalue weighted by Gasteiger charge is -2.30. The number of aromatic nitrogens is 1. The first-order valence-electron chi connectivity index (χ1n) is 11.2. The molecule has 190 valence electrons. The van der Waals surface area contributed by atoms with E-state index in [2.05, 4.69) is 31.0 Å². The molecule has 0 unspecified atom stereocenters. The molecule has 0 spiro atoms. The molecule has 3 aromatic rings. The summed E-state index contributed by atoms with van der Waals surface area (Å²) in [5.74, 6) is -0.644. The number of amides is 1. The highest BCUT2D eigenvalue weighted by atomic mass is 79.9. The minimum absolute atomic E-state index is 0.0494. The van der Waals surface area contributed by atoms with Crippen molar-refractivity contribution >= 4 is 53.3 Å². The summed E-state index contributed by atoms with van der Waals surface area (Å²) < 4.78 is 55.4. The van der Waals surface area contributed by atoms with E-state index in [0.717, 1.165) is 4.47 Å². The van der Waals surface area contributed by atoms with Crippen molar-refractivity contribution in [2.45, 2.75) is 23.5 Å². The second kappa shape index (κ2) is 11.1. The van der Waals surface area contributed by atoms with Crippen LogP contribution >= 0.6 is 15.9 Å². The minimum Gasteiger partial charge on any atom is -0.326 e. The molecule has 2 aromatic carbocycles. The van der Waals surface area contributed by atoms with Crippen molar-refractivity contribution in [3.05, 3.63) is 83.1 Å². The number of hydrogen-bond donors (Lipinski definition) is 2. The lowest BCUT2D eigenvalue weighted by molar-refractivity contribution is -0.120. The van der Waals surface area contributed by atoms with Gasteiger partial charge >= 0.3 is 0 Å². The molecule has 0 aliphatic carbocycles. The maximum Gasteiger partial charge on any atom is 0.261 e. The minimum atomic E-state index is -3.79. The molecule has 1 aliphatic heterocycles. The molecule has 0 radical (unpaired) electrons. The van der Waals surface area contributed by atoms with E-state index in [4.69, 9.17) is 0 Å². The normalized spacial score (nSPS) is 15.4. The SMILES string of the molecule is O=C(Nc1ccc(S(=O)(=O)Nc2cccnc2)cc1)C1CCN(S(=O)(=O)Cc2cccc(Br)c2)CC1. The van der Waals surface area contributed by atoms with Crippen LogP contribution in [0.3, 0.4) is 0 Å². The molecule has 9 nitrogen and oxygen atoms in total. The van der Waals surface area contributed by atoms with Crippen LogP contribution in [0.2, 0.25) is 0 Å². The van der Waals surface area contributed by atoms with Gasteiger partial charge in [0, 0.05) is 35.4 Å². The van der Waals surface area contributed by atoms with Crippen molar-refractivity contribution in [2.24, 2.45) is 5.92 Å². The number of rotatable bonds is 8. The second-order valence-electron chi connectivity index (χ2n) is 8.42. The van der Waals surface area contributed by atoms with E-state index in [1.165, 1.54) is 34.8 Å². The predicted molar refractivity (Wildman–Crippen MR) is 141 cm³/mol. The Balaban J connectivity index is 1.31. The topological polar surface area (TPSA) is 126 Å². The Hall–Kier alpha value is -2.80. The quantitative estimate of drug-likeness (QED) is 0.409. The van der Waals surface area contributed by atoms with E-state index >= 15 is 0 Å². The van der Waals surface area contributed by atoms with Gasteiger partial charge in [-0.15, -0.1) is 0 Å². The predicted octanol–water partition coefficient (Wildman–Crippen LogP) is 3.83. The summed E-state index contributed by atoms with van der Waals surface area (Å²) in [6.45, 7) is 0.539. The fraction of sp³-hybridized carbons (Fsp3) is 0.250. The van der Waals surface area contributed by atoms with Gasteiger partial charge in [-0.2, -0.15) is 0 Å². The number of anilines is 2. The Kier molecular flexibility index (Phi) is 8.08. The molecule has 1 amide bonds. The van der Waals surface area contributed by atoms with Crippen molar-refractivity contribution < 1.29 is 21.6 Å². The molecule has 1 aliphatic rings. The molecule has 0 saturated carbocycles. The van der Waals surface area contributed by atoms with Crippen molar-refractivity contribution in [2.75, 3.05) is 23.1 Å². The van der Waals surface area contributed by atoms with Gasteiger partial charge in [0.05, 0.1) is 22.5 Å². The summed E-state index contributed by atoms with van der Waals surface area (Å²) in [5, 5.41) is 2.80. The summed E-state index contributed by atoms with van der Waals surface area (Å²) in [6, 6.07) is 16.3. The largest absolute Gasteiger partial charge is 0.326 e. The Morgan fingerprint density at radius 2 is 1.69 bits per heavy atom. The van der Waals surface area contributed by atoms with E-state index in [9.17, 15) is 21.6 Å². The van der Waals surface area contributed by atoms with Gasteiger partial charge in [0.15, 0.2) is 0 Å². The fourth-order valence-corrected chi connectivity index (χ4v) is 6.96. The van der Waals surface area contributed by atoms with Gasteiger partial charge in [0.25, 0.3) is 10.0 Å². The first-order chi connectivity index (χ1) is 17.1. The monoisotopic (exact) mass is 592 g/mol. The summed E-state index contributed by atoms with van der Waals surface area (Å²) in [4.78, 5) is 16.7. The molecule has 4 rings (SSSR count). The van der Waals surface area contributed by atoms with E-state index in [1.807, 2.05) is 6.07 Å². The van der Waals surface area contributed by atoms with E-state index in [-0.39, 0.29) is 35.6 Å². The van der Waals surface area contributed by atoms with E-state index in [1.54, 1.807) is 36.5 Å². The number of carbonyl (C=O) groups excluding carboxylic acids is 1. The van der Waals surface area contributed by atoms with Gasteiger partial charge in [-0.1, -0.05) is 28.1 Å².